The van der Waals surface area contributed by atoms with Gasteiger partial charge in [-0.3, -0.25) is 4.79 Å². The summed E-state index contributed by atoms with van der Waals surface area (Å²) >= 11 is 0. The summed E-state index contributed by atoms with van der Waals surface area (Å²) in [6.45, 7) is 5.47. The number of benzene rings is 2. The van der Waals surface area contributed by atoms with Crippen molar-refractivity contribution in [2.24, 2.45) is 0 Å². The van der Waals surface area contributed by atoms with E-state index >= 15 is 0 Å². The van der Waals surface area contributed by atoms with Gasteiger partial charge in [-0.25, -0.2) is 0 Å². The molecule has 0 saturated heterocycles. The molecule has 2 aromatic rings. The maximum atomic E-state index is 12.7. The van der Waals surface area contributed by atoms with Crippen molar-refractivity contribution >= 4 is 5.78 Å². The molecule has 1 atom stereocenters. The van der Waals surface area contributed by atoms with Gasteiger partial charge >= 0.3 is 0 Å². The van der Waals surface area contributed by atoms with E-state index in [0.29, 0.717) is 12.0 Å². The monoisotopic (exact) mass is 354 g/mol. The molecule has 1 aliphatic heterocycles. The molecule has 0 spiro atoms. The number of carbonyl (C=O) groups is 1. The second kappa shape index (κ2) is 6.75. The first kappa shape index (κ1) is 17.9. The van der Waals surface area contributed by atoms with E-state index in [1.165, 1.54) is 12.1 Å². The third-order valence-electron chi connectivity index (χ3n) is 4.62. The summed E-state index contributed by atoms with van der Waals surface area (Å²) in [7, 11) is 0. The number of phenolic OH excluding ortho intramolecular Hbond substituents is 3. The van der Waals surface area contributed by atoms with Crippen LogP contribution in [0.5, 0.6) is 23.0 Å². The molecule has 1 heterocycles. The fraction of sp³-hybridized carbons (Fsp3) is 0.286. The molecule has 136 valence electrons. The Labute approximate surface area is 152 Å². The van der Waals surface area contributed by atoms with Gasteiger partial charge in [0.15, 0.2) is 5.78 Å². The van der Waals surface area contributed by atoms with Crippen LogP contribution in [0.4, 0.5) is 0 Å². The number of hydrogen-bond acceptors (Lipinski definition) is 5. The van der Waals surface area contributed by atoms with Gasteiger partial charge in [0, 0.05) is 11.1 Å². The third-order valence-corrected chi connectivity index (χ3v) is 4.62. The molecule has 2 aromatic carbocycles. The van der Waals surface area contributed by atoms with Gasteiger partial charge in [-0.05, 0) is 44.9 Å². The highest BCUT2D eigenvalue weighted by molar-refractivity contribution is 6.04. The molecule has 0 bridgehead atoms. The molecule has 0 aromatic heterocycles. The minimum atomic E-state index is -0.539. The van der Waals surface area contributed by atoms with Crippen LogP contribution in [0.15, 0.2) is 35.9 Å². The second-order valence-corrected chi connectivity index (χ2v) is 6.82. The van der Waals surface area contributed by atoms with Crippen LogP contribution >= 0.6 is 0 Å². The molecule has 3 N–H and O–H groups in total. The Balaban J connectivity index is 2.12. The fourth-order valence-electron chi connectivity index (χ4n) is 3.11. The van der Waals surface area contributed by atoms with Crippen molar-refractivity contribution in [3.63, 3.8) is 0 Å². The molecule has 0 aliphatic carbocycles. The summed E-state index contributed by atoms with van der Waals surface area (Å²) < 4.78 is 6.06. The zero-order chi connectivity index (χ0) is 19.0. The fourth-order valence-corrected chi connectivity index (χ4v) is 3.11. The van der Waals surface area contributed by atoms with Gasteiger partial charge in [0.25, 0.3) is 0 Å². The predicted molar refractivity (Wildman–Crippen MR) is 98.1 cm³/mol. The summed E-state index contributed by atoms with van der Waals surface area (Å²) in [5, 5.41) is 30.3. The first-order chi connectivity index (χ1) is 12.3. The number of hydrogen-bond donors (Lipinski definition) is 3. The van der Waals surface area contributed by atoms with Gasteiger partial charge in [-0.2, -0.15) is 0 Å². The van der Waals surface area contributed by atoms with E-state index in [2.05, 4.69) is 0 Å². The third kappa shape index (κ3) is 3.12. The lowest BCUT2D eigenvalue weighted by Gasteiger charge is -2.29. The van der Waals surface area contributed by atoms with E-state index in [4.69, 9.17) is 4.74 Å². The molecule has 26 heavy (non-hydrogen) atoms. The minimum absolute atomic E-state index is 0.0575. The zero-order valence-electron chi connectivity index (χ0n) is 15.0. The van der Waals surface area contributed by atoms with Gasteiger partial charge in [-0.1, -0.05) is 23.8 Å². The van der Waals surface area contributed by atoms with Crippen LogP contribution in [-0.4, -0.2) is 21.1 Å². The number of phenols is 3. The Kier molecular flexibility index (Phi) is 4.64. The van der Waals surface area contributed by atoms with Crippen molar-refractivity contribution < 1.29 is 24.9 Å². The average Bonchev–Trinajstić information content (AvgIpc) is 2.59. The van der Waals surface area contributed by atoms with Gasteiger partial charge in [-0.15, -0.1) is 0 Å². The highest BCUT2D eigenvalue weighted by Gasteiger charge is 2.34. The smallest absolute Gasteiger partial charge is 0.174 e. The number of rotatable bonds is 3. The van der Waals surface area contributed by atoms with Crippen molar-refractivity contribution in [2.75, 3.05) is 0 Å². The maximum Gasteiger partial charge on any atom is 0.174 e. The molecular formula is C21H22O5. The van der Waals surface area contributed by atoms with Crippen molar-refractivity contribution in [1.82, 2.24) is 0 Å². The molecule has 3 rings (SSSR count). The number of allylic oxidation sites excluding steroid dienone is 2. The molecule has 1 aliphatic rings. The normalized spacial score (nSPS) is 16.0. The lowest BCUT2D eigenvalue weighted by atomic mass is 9.90. The van der Waals surface area contributed by atoms with Crippen LogP contribution in [0.1, 0.15) is 53.4 Å². The number of Topliss-reactive ketones (excluding diaryl/α,β-unsaturated/α-hetero) is 1. The van der Waals surface area contributed by atoms with Gasteiger partial charge < -0.3 is 20.1 Å². The Morgan fingerprint density at radius 3 is 2.42 bits per heavy atom. The number of ketones is 1. The number of fused-ring (bicyclic) bond motifs is 1. The van der Waals surface area contributed by atoms with E-state index in [1.807, 2.05) is 19.9 Å². The molecule has 1 unspecified atom stereocenters. The SMILES string of the molecule is CC(C)=CCc1c(O)c(C)c(O)c2c1OC(c1ccc(O)cc1)CC2=O. The molecule has 0 radical (unpaired) electrons. The highest BCUT2D eigenvalue weighted by atomic mass is 16.5. The summed E-state index contributed by atoms with van der Waals surface area (Å²) in [6, 6.07) is 6.46. The van der Waals surface area contributed by atoms with Gasteiger partial charge in [0.05, 0.1) is 6.42 Å². The van der Waals surface area contributed by atoms with Crippen molar-refractivity contribution in [1.29, 1.82) is 0 Å². The quantitative estimate of drug-likeness (QED) is 0.714. The van der Waals surface area contributed by atoms with Crippen LogP contribution in [0.2, 0.25) is 0 Å². The van der Waals surface area contributed by atoms with E-state index in [0.717, 1.165) is 11.1 Å². The second-order valence-electron chi connectivity index (χ2n) is 6.82. The van der Waals surface area contributed by atoms with E-state index in [9.17, 15) is 20.1 Å². The Morgan fingerprint density at radius 2 is 1.81 bits per heavy atom. The molecule has 0 saturated carbocycles. The van der Waals surface area contributed by atoms with Crippen LogP contribution in [-0.2, 0) is 6.42 Å². The summed E-state index contributed by atoms with van der Waals surface area (Å²) in [6.07, 6.45) is 1.87. The van der Waals surface area contributed by atoms with Crippen molar-refractivity contribution in [2.45, 2.75) is 39.7 Å². The van der Waals surface area contributed by atoms with Crippen LogP contribution in [0, 0.1) is 6.92 Å². The molecule has 0 amide bonds. The summed E-state index contributed by atoms with van der Waals surface area (Å²) in [5.74, 6) is -0.155. The van der Waals surface area contributed by atoms with E-state index < -0.39 is 6.10 Å². The highest BCUT2D eigenvalue weighted by Crippen LogP contribution is 2.48. The minimum Gasteiger partial charge on any atom is -0.508 e. The first-order valence-corrected chi connectivity index (χ1v) is 8.49. The number of carbonyl (C=O) groups excluding carboxylic acids is 1. The standard InChI is InChI=1S/C21H22O5/c1-11(2)4-9-15-19(24)12(3)20(25)18-16(23)10-17(26-21(15)18)13-5-7-14(22)8-6-13/h4-8,17,22,24-25H,9-10H2,1-3H3. The van der Waals surface area contributed by atoms with Crippen molar-refractivity contribution in [3.8, 4) is 23.0 Å². The first-order valence-electron chi connectivity index (χ1n) is 8.49. The lowest BCUT2D eigenvalue weighted by molar-refractivity contribution is 0.0842. The molecular weight excluding hydrogens is 332 g/mol. The number of aromatic hydroxyl groups is 3. The van der Waals surface area contributed by atoms with Gasteiger partial charge in [0.1, 0.15) is 34.7 Å². The van der Waals surface area contributed by atoms with Crippen LogP contribution < -0.4 is 4.74 Å². The number of ether oxygens (including phenoxy) is 1. The average molecular weight is 354 g/mol. The predicted octanol–water partition coefficient (Wildman–Crippen LogP) is 4.33. The Bertz CT molecular complexity index is 890. The summed E-state index contributed by atoms with van der Waals surface area (Å²) in [4.78, 5) is 12.7. The lowest BCUT2D eigenvalue weighted by Crippen LogP contribution is -2.22. The largest absolute Gasteiger partial charge is 0.508 e. The van der Waals surface area contributed by atoms with Crippen molar-refractivity contribution in [3.05, 3.63) is 58.2 Å². The van der Waals surface area contributed by atoms with E-state index in [-0.39, 0.29) is 46.3 Å². The Hall–Kier alpha value is -2.95. The molecule has 5 heteroatoms. The topological polar surface area (TPSA) is 87.0 Å². The molecule has 5 nitrogen and oxygen atoms in total. The van der Waals surface area contributed by atoms with Gasteiger partial charge in [0.2, 0.25) is 0 Å². The van der Waals surface area contributed by atoms with Crippen LogP contribution in [0.3, 0.4) is 0 Å². The maximum absolute atomic E-state index is 12.7. The summed E-state index contributed by atoms with van der Waals surface area (Å²) in [5.41, 5.74) is 2.72. The van der Waals surface area contributed by atoms with E-state index in [1.54, 1.807) is 19.1 Å². The van der Waals surface area contributed by atoms with Crippen LogP contribution in [0.25, 0.3) is 0 Å². The zero-order valence-corrected chi connectivity index (χ0v) is 15.0. The molecule has 0 fully saturated rings. The Morgan fingerprint density at radius 1 is 1.15 bits per heavy atom.